The van der Waals surface area contributed by atoms with E-state index in [-0.39, 0.29) is 30.1 Å². The van der Waals surface area contributed by atoms with Crippen LogP contribution in [0, 0.1) is 0 Å². The van der Waals surface area contributed by atoms with E-state index < -0.39 is 9.84 Å². The van der Waals surface area contributed by atoms with Gasteiger partial charge in [0.1, 0.15) is 5.75 Å². The van der Waals surface area contributed by atoms with Gasteiger partial charge in [0, 0.05) is 31.3 Å². The quantitative estimate of drug-likeness (QED) is 0.789. The van der Waals surface area contributed by atoms with Crippen LogP contribution in [-0.2, 0) is 25.9 Å². The highest BCUT2D eigenvalue weighted by molar-refractivity contribution is 7.91. The van der Waals surface area contributed by atoms with E-state index in [1.54, 1.807) is 7.11 Å². The highest BCUT2D eigenvalue weighted by Gasteiger charge is 2.28. The van der Waals surface area contributed by atoms with Crippen molar-refractivity contribution in [3.63, 3.8) is 0 Å². The van der Waals surface area contributed by atoms with Gasteiger partial charge in [0.25, 0.3) is 5.91 Å². The Morgan fingerprint density at radius 2 is 2.20 bits per heavy atom. The van der Waals surface area contributed by atoms with Crippen LogP contribution in [-0.4, -0.2) is 56.8 Å². The summed E-state index contributed by atoms with van der Waals surface area (Å²) in [6.45, 7) is 1.21. The SMILES string of the molecule is COCCn1ccc2c(OCC(=O)N[C@H]3CCS(=O)(=O)C3)cccc21. The van der Waals surface area contributed by atoms with E-state index in [4.69, 9.17) is 9.47 Å². The molecular formula is C17H22N2O5S. The van der Waals surface area contributed by atoms with Crippen molar-refractivity contribution in [2.75, 3.05) is 31.8 Å². The molecule has 1 atom stereocenters. The van der Waals surface area contributed by atoms with Crippen LogP contribution < -0.4 is 10.1 Å². The van der Waals surface area contributed by atoms with Gasteiger partial charge < -0.3 is 19.4 Å². The number of rotatable bonds is 7. The second-order valence-corrected chi connectivity index (χ2v) is 8.38. The van der Waals surface area contributed by atoms with Crippen LogP contribution in [0.15, 0.2) is 30.5 Å². The molecule has 0 radical (unpaired) electrons. The van der Waals surface area contributed by atoms with Crippen molar-refractivity contribution in [1.29, 1.82) is 0 Å². The molecule has 1 saturated heterocycles. The minimum Gasteiger partial charge on any atom is -0.483 e. The molecule has 0 unspecified atom stereocenters. The molecule has 8 heteroatoms. The summed E-state index contributed by atoms with van der Waals surface area (Å²) in [4.78, 5) is 12.0. The van der Waals surface area contributed by atoms with Gasteiger partial charge in [0.2, 0.25) is 0 Å². The number of hydrogen-bond donors (Lipinski definition) is 1. The Morgan fingerprint density at radius 1 is 1.36 bits per heavy atom. The van der Waals surface area contributed by atoms with Crippen molar-refractivity contribution < 1.29 is 22.7 Å². The van der Waals surface area contributed by atoms with Gasteiger partial charge in [-0.25, -0.2) is 8.42 Å². The van der Waals surface area contributed by atoms with Crippen LogP contribution in [0.1, 0.15) is 6.42 Å². The van der Waals surface area contributed by atoms with Crippen LogP contribution >= 0.6 is 0 Å². The predicted molar refractivity (Wildman–Crippen MR) is 94.5 cm³/mol. The number of nitrogens with one attached hydrogen (secondary N) is 1. The van der Waals surface area contributed by atoms with Crippen molar-refractivity contribution in [2.45, 2.75) is 19.0 Å². The zero-order valence-electron chi connectivity index (χ0n) is 14.1. The lowest BCUT2D eigenvalue weighted by molar-refractivity contribution is -0.123. The van der Waals surface area contributed by atoms with Gasteiger partial charge in [-0.15, -0.1) is 0 Å². The summed E-state index contributed by atoms with van der Waals surface area (Å²) in [5.74, 6) is 0.463. The summed E-state index contributed by atoms with van der Waals surface area (Å²) in [6.07, 6.45) is 2.42. The van der Waals surface area contributed by atoms with Crippen molar-refractivity contribution in [3.05, 3.63) is 30.5 Å². The molecule has 1 aliphatic heterocycles. The number of methoxy groups -OCH3 is 1. The first kappa shape index (κ1) is 17.8. The first-order valence-electron chi connectivity index (χ1n) is 8.18. The minimum atomic E-state index is -3.01. The Labute approximate surface area is 146 Å². The Kier molecular flexibility index (Phi) is 5.29. The molecular weight excluding hydrogens is 344 g/mol. The third kappa shape index (κ3) is 4.32. The number of carbonyl (C=O) groups excluding carboxylic acids is 1. The summed E-state index contributed by atoms with van der Waals surface area (Å²) in [6, 6.07) is 7.31. The van der Waals surface area contributed by atoms with Crippen LogP contribution in [0.5, 0.6) is 5.75 Å². The van der Waals surface area contributed by atoms with Crippen LogP contribution in [0.4, 0.5) is 0 Å². The van der Waals surface area contributed by atoms with E-state index >= 15 is 0 Å². The summed E-state index contributed by atoms with van der Waals surface area (Å²) in [7, 11) is -1.35. The summed E-state index contributed by atoms with van der Waals surface area (Å²) in [5.41, 5.74) is 1.01. The fourth-order valence-electron chi connectivity index (χ4n) is 3.03. The average Bonchev–Trinajstić information content (AvgIpc) is 3.14. The Hall–Kier alpha value is -2.06. The zero-order valence-corrected chi connectivity index (χ0v) is 14.9. The Balaban J connectivity index is 1.61. The molecule has 1 aromatic heterocycles. The number of sulfone groups is 1. The number of fused-ring (bicyclic) bond motifs is 1. The van der Waals surface area contributed by atoms with Gasteiger partial charge in [-0.05, 0) is 24.6 Å². The molecule has 1 aliphatic rings. The van der Waals surface area contributed by atoms with Gasteiger partial charge in [-0.3, -0.25) is 4.79 Å². The van der Waals surface area contributed by atoms with Crippen molar-refractivity contribution in [1.82, 2.24) is 9.88 Å². The standard InChI is InChI=1S/C17H22N2O5S/c1-23-9-8-19-7-5-14-15(19)3-2-4-16(14)24-11-17(20)18-13-6-10-25(21,22)12-13/h2-5,7,13H,6,8-12H2,1H3,(H,18,20)/t13-/m0/s1. The molecule has 2 aromatic rings. The lowest BCUT2D eigenvalue weighted by Crippen LogP contribution is -2.38. The summed E-state index contributed by atoms with van der Waals surface area (Å²) < 4.78 is 35.7. The molecule has 1 amide bonds. The van der Waals surface area contributed by atoms with Crippen LogP contribution in [0.3, 0.4) is 0 Å². The fraction of sp³-hybridized carbons (Fsp3) is 0.471. The predicted octanol–water partition coefficient (Wildman–Crippen LogP) is 0.970. The second-order valence-electron chi connectivity index (χ2n) is 6.15. The molecule has 1 aromatic carbocycles. The second kappa shape index (κ2) is 7.45. The van der Waals surface area contributed by atoms with Gasteiger partial charge >= 0.3 is 0 Å². The van der Waals surface area contributed by atoms with E-state index in [0.29, 0.717) is 18.8 Å². The highest BCUT2D eigenvalue weighted by atomic mass is 32.2. The number of aromatic nitrogens is 1. The molecule has 1 fully saturated rings. The van der Waals surface area contributed by atoms with Gasteiger partial charge in [-0.1, -0.05) is 6.07 Å². The lowest BCUT2D eigenvalue weighted by atomic mass is 10.2. The van der Waals surface area contributed by atoms with Crippen molar-refractivity contribution in [2.24, 2.45) is 0 Å². The molecule has 0 aliphatic carbocycles. The number of ether oxygens (including phenoxy) is 2. The first-order chi connectivity index (χ1) is 12.0. The number of benzene rings is 1. The molecule has 2 heterocycles. The fourth-order valence-corrected chi connectivity index (χ4v) is 4.70. The van der Waals surface area contributed by atoms with Gasteiger partial charge in [0.05, 0.1) is 23.6 Å². The van der Waals surface area contributed by atoms with Crippen LogP contribution in [0.25, 0.3) is 10.9 Å². The summed E-state index contributed by atoms with van der Waals surface area (Å²) in [5, 5.41) is 3.65. The molecule has 7 nitrogen and oxygen atoms in total. The van der Waals surface area contributed by atoms with E-state index in [1.165, 1.54) is 0 Å². The first-order valence-corrected chi connectivity index (χ1v) is 10.00. The van der Waals surface area contributed by atoms with E-state index in [9.17, 15) is 13.2 Å². The largest absolute Gasteiger partial charge is 0.483 e. The maximum Gasteiger partial charge on any atom is 0.258 e. The van der Waals surface area contributed by atoms with Gasteiger partial charge in [0.15, 0.2) is 16.4 Å². The average molecular weight is 366 g/mol. The molecule has 0 saturated carbocycles. The summed E-state index contributed by atoms with van der Waals surface area (Å²) >= 11 is 0. The topological polar surface area (TPSA) is 86.6 Å². The maximum atomic E-state index is 12.0. The van der Waals surface area contributed by atoms with Crippen molar-refractivity contribution >= 4 is 26.6 Å². The molecule has 0 bridgehead atoms. The van der Waals surface area contributed by atoms with E-state index in [2.05, 4.69) is 9.88 Å². The molecule has 0 spiro atoms. The molecule has 1 N–H and O–H groups in total. The smallest absolute Gasteiger partial charge is 0.258 e. The number of hydrogen-bond acceptors (Lipinski definition) is 5. The number of nitrogens with zero attached hydrogens (tertiary/aromatic N) is 1. The lowest BCUT2D eigenvalue weighted by Gasteiger charge is -2.12. The highest BCUT2D eigenvalue weighted by Crippen LogP contribution is 2.26. The zero-order chi connectivity index (χ0) is 17.9. The third-order valence-electron chi connectivity index (χ3n) is 4.27. The Bertz CT molecular complexity index is 859. The normalized spacial score (nSPS) is 19.2. The van der Waals surface area contributed by atoms with Crippen molar-refractivity contribution in [3.8, 4) is 5.75 Å². The molecule has 3 rings (SSSR count). The van der Waals surface area contributed by atoms with Gasteiger partial charge in [-0.2, -0.15) is 0 Å². The minimum absolute atomic E-state index is 0.0106. The number of carbonyl (C=O) groups is 1. The van der Waals surface area contributed by atoms with E-state index in [0.717, 1.165) is 17.4 Å². The Morgan fingerprint density at radius 3 is 2.92 bits per heavy atom. The van der Waals surface area contributed by atoms with Crippen LogP contribution in [0.2, 0.25) is 0 Å². The van der Waals surface area contributed by atoms with E-state index in [1.807, 2.05) is 30.5 Å². The monoisotopic (exact) mass is 366 g/mol. The molecule has 25 heavy (non-hydrogen) atoms. The maximum absolute atomic E-state index is 12.0. The third-order valence-corrected chi connectivity index (χ3v) is 6.03. The molecule has 136 valence electrons. The number of amides is 1.